The largest absolute Gasteiger partial charge is 0.382 e. The summed E-state index contributed by atoms with van der Waals surface area (Å²) in [5.41, 5.74) is 7.02. The molecule has 1 amide bonds. The molecule has 6 heteroatoms. The van der Waals surface area contributed by atoms with Gasteiger partial charge in [0, 0.05) is 31.9 Å². The Morgan fingerprint density at radius 1 is 1.75 bits per heavy atom. The summed E-state index contributed by atoms with van der Waals surface area (Å²) in [5, 5.41) is 16.4. The number of carbonyl (C=O) groups excluding carboxylic acids is 1. The second kappa shape index (κ2) is 5.62. The number of aliphatic hydroxyl groups excluding tert-OH is 1. The zero-order valence-electron chi connectivity index (χ0n) is 9.60. The van der Waals surface area contributed by atoms with Crippen LogP contribution >= 0.6 is 0 Å². The molecule has 6 nitrogen and oxygen atoms in total. The zero-order valence-corrected chi connectivity index (χ0v) is 9.60. The van der Waals surface area contributed by atoms with Crippen molar-refractivity contribution in [2.24, 2.45) is 12.8 Å². The third-order valence-corrected chi connectivity index (χ3v) is 2.31. The Labute approximate surface area is 94.4 Å². The first-order chi connectivity index (χ1) is 7.54. The summed E-state index contributed by atoms with van der Waals surface area (Å²) >= 11 is 0. The predicted octanol–water partition coefficient (Wildman–Crippen LogP) is -1.08. The summed E-state index contributed by atoms with van der Waals surface area (Å²) < 4.78 is 1.75. The average molecular weight is 226 g/mol. The summed E-state index contributed by atoms with van der Waals surface area (Å²) in [4.78, 5) is 10.6. The van der Waals surface area contributed by atoms with Gasteiger partial charge in [-0.15, -0.1) is 0 Å². The number of primary amides is 1. The van der Waals surface area contributed by atoms with Gasteiger partial charge in [0.25, 0.3) is 0 Å². The molecule has 0 fully saturated rings. The average Bonchev–Trinajstić information content (AvgIpc) is 2.58. The molecular formula is C10H18N4O2. The maximum atomic E-state index is 10.6. The molecule has 0 aliphatic rings. The molecule has 1 unspecified atom stereocenters. The van der Waals surface area contributed by atoms with E-state index in [9.17, 15) is 9.90 Å². The van der Waals surface area contributed by atoms with E-state index in [1.165, 1.54) is 0 Å². The highest BCUT2D eigenvalue weighted by atomic mass is 16.3. The van der Waals surface area contributed by atoms with E-state index < -0.39 is 12.0 Å². The highest BCUT2D eigenvalue weighted by Gasteiger charge is 2.11. The quantitative estimate of drug-likeness (QED) is 0.575. The summed E-state index contributed by atoms with van der Waals surface area (Å²) in [6.45, 7) is 2.76. The topological polar surface area (TPSA) is 93.2 Å². The van der Waals surface area contributed by atoms with Gasteiger partial charge in [-0.25, -0.2) is 0 Å². The molecule has 0 aliphatic heterocycles. The molecular weight excluding hydrogens is 208 g/mol. The SMILES string of the molecule is CCc1nn(C)cc1CNCC(O)C(N)=O. The van der Waals surface area contributed by atoms with Crippen LogP contribution in [-0.4, -0.2) is 33.4 Å². The molecule has 1 heterocycles. The Kier molecular flexibility index (Phi) is 4.45. The van der Waals surface area contributed by atoms with E-state index >= 15 is 0 Å². The van der Waals surface area contributed by atoms with Crippen LogP contribution in [0.2, 0.25) is 0 Å². The number of carbonyl (C=O) groups is 1. The number of hydrogen-bond donors (Lipinski definition) is 3. The molecule has 1 aromatic rings. The fraction of sp³-hybridized carbons (Fsp3) is 0.600. The van der Waals surface area contributed by atoms with Crippen molar-refractivity contribution in [2.75, 3.05) is 6.54 Å². The number of nitrogens with one attached hydrogen (secondary N) is 1. The van der Waals surface area contributed by atoms with Crippen LogP contribution in [0.25, 0.3) is 0 Å². The lowest BCUT2D eigenvalue weighted by Crippen LogP contribution is -2.37. The van der Waals surface area contributed by atoms with Crippen molar-refractivity contribution in [1.82, 2.24) is 15.1 Å². The van der Waals surface area contributed by atoms with Gasteiger partial charge in [-0.3, -0.25) is 9.48 Å². The van der Waals surface area contributed by atoms with E-state index in [2.05, 4.69) is 10.4 Å². The summed E-state index contributed by atoms with van der Waals surface area (Å²) in [6, 6.07) is 0. The van der Waals surface area contributed by atoms with Crippen molar-refractivity contribution in [3.63, 3.8) is 0 Å². The second-order valence-corrected chi connectivity index (χ2v) is 3.68. The molecule has 1 rings (SSSR count). The summed E-state index contributed by atoms with van der Waals surface area (Å²) in [5.74, 6) is -0.714. The molecule has 0 saturated carbocycles. The Balaban J connectivity index is 2.45. The van der Waals surface area contributed by atoms with Gasteiger partial charge in [0.1, 0.15) is 6.10 Å². The van der Waals surface area contributed by atoms with E-state index in [0.29, 0.717) is 6.54 Å². The highest BCUT2D eigenvalue weighted by molar-refractivity contribution is 5.78. The second-order valence-electron chi connectivity index (χ2n) is 3.68. The van der Waals surface area contributed by atoms with Gasteiger partial charge in [0.05, 0.1) is 5.69 Å². The summed E-state index contributed by atoms with van der Waals surface area (Å²) in [7, 11) is 1.86. The van der Waals surface area contributed by atoms with Gasteiger partial charge in [-0.1, -0.05) is 6.92 Å². The van der Waals surface area contributed by atoms with Crippen LogP contribution in [0.15, 0.2) is 6.20 Å². The van der Waals surface area contributed by atoms with Gasteiger partial charge < -0.3 is 16.2 Å². The number of amides is 1. The van der Waals surface area contributed by atoms with Crippen LogP contribution in [-0.2, 0) is 24.8 Å². The van der Waals surface area contributed by atoms with Crippen molar-refractivity contribution in [1.29, 1.82) is 0 Å². The van der Waals surface area contributed by atoms with Gasteiger partial charge in [-0.2, -0.15) is 5.10 Å². The molecule has 1 aromatic heterocycles. The van der Waals surface area contributed by atoms with E-state index in [1.54, 1.807) is 4.68 Å². The van der Waals surface area contributed by atoms with Crippen molar-refractivity contribution in [2.45, 2.75) is 26.0 Å². The summed E-state index contributed by atoms with van der Waals surface area (Å²) in [6.07, 6.45) is 1.64. The van der Waals surface area contributed by atoms with Crippen LogP contribution in [0.1, 0.15) is 18.2 Å². The first-order valence-electron chi connectivity index (χ1n) is 5.24. The Morgan fingerprint density at radius 3 is 3.00 bits per heavy atom. The highest BCUT2D eigenvalue weighted by Crippen LogP contribution is 2.06. The molecule has 0 radical (unpaired) electrons. The van der Waals surface area contributed by atoms with Crippen molar-refractivity contribution < 1.29 is 9.90 Å². The minimum atomic E-state index is -1.14. The number of aliphatic hydroxyl groups is 1. The molecule has 1 atom stereocenters. The number of hydrogen-bond acceptors (Lipinski definition) is 4. The lowest BCUT2D eigenvalue weighted by molar-refractivity contribution is -0.125. The molecule has 0 bridgehead atoms. The number of nitrogens with two attached hydrogens (primary N) is 1. The van der Waals surface area contributed by atoms with E-state index in [0.717, 1.165) is 17.7 Å². The maximum absolute atomic E-state index is 10.6. The fourth-order valence-electron chi connectivity index (χ4n) is 1.47. The van der Waals surface area contributed by atoms with E-state index in [-0.39, 0.29) is 6.54 Å². The zero-order chi connectivity index (χ0) is 12.1. The Morgan fingerprint density at radius 2 is 2.44 bits per heavy atom. The lowest BCUT2D eigenvalue weighted by Gasteiger charge is -2.07. The van der Waals surface area contributed by atoms with Crippen LogP contribution < -0.4 is 11.1 Å². The van der Waals surface area contributed by atoms with Crippen molar-refractivity contribution >= 4 is 5.91 Å². The first kappa shape index (κ1) is 12.7. The van der Waals surface area contributed by atoms with E-state index in [4.69, 9.17) is 5.73 Å². The molecule has 4 N–H and O–H groups in total. The van der Waals surface area contributed by atoms with Crippen LogP contribution in [0, 0.1) is 0 Å². The smallest absolute Gasteiger partial charge is 0.247 e. The van der Waals surface area contributed by atoms with Gasteiger partial charge in [0.2, 0.25) is 5.91 Å². The van der Waals surface area contributed by atoms with E-state index in [1.807, 2.05) is 20.2 Å². The Hall–Kier alpha value is -1.40. The third-order valence-electron chi connectivity index (χ3n) is 2.31. The number of nitrogens with zero attached hydrogens (tertiary/aromatic N) is 2. The lowest BCUT2D eigenvalue weighted by atomic mass is 10.2. The maximum Gasteiger partial charge on any atom is 0.247 e. The molecule has 0 saturated heterocycles. The Bertz CT molecular complexity index is 362. The standard InChI is InChI=1S/C10H18N4O2/c1-3-8-7(6-14(2)13-8)4-12-5-9(15)10(11)16/h6,9,12,15H,3-5H2,1-2H3,(H2,11,16). The van der Waals surface area contributed by atoms with Crippen molar-refractivity contribution in [3.8, 4) is 0 Å². The third kappa shape index (κ3) is 3.32. The molecule has 90 valence electrons. The van der Waals surface area contributed by atoms with Crippen LogP contribution in [0.4, 0.5) is 0 Å². The number of aryl methyl sites for hydroxylation is 2. The molecule has 16 heavy (non-hydrogen) atoms. The monoisotopic (exact) mass is 226 g/mol. The fourth-order valence-corrected chi connectivity index (χ4v) is 1.47. The van der Waals surface area contributed by atoms with Gasteiger partial charge in [-0.05, 0) is 6.42 Å². The predicted molar refractivity (Wildman–Crippen MR) is 59.5 cm³/mol. The van der Waals surface area contributed by atoms with Crippen LogP contribution in [0.5, 0.6) is 0 Å². The first-order valence-corrected chi connectivity index (χ1v) is 5.24. The van der Waals surface area contributed by atoms with Gasteiger partial charge >= 0.3 is 0 Å². The number of rotatable bonds is 6. The minimum Gasteiger partial charge on any atom is -0.382 e. The molecule has 0 spiro atoms. The van der Waals surface area contributed by atoms with Gasteiger partial charge in [0.15, 0.2) is 0 Å². The number of aromatic nitrogens is 2. The normalized spacial score (nSPS) is 12.7. The van der Waals surface area contributed by atoms with Crippen molar-refractivity contribution in [3.05, 3.63) is 17.5 Å². The molecule has 0 aliphatic carbocycles. The van der Waals surface area contributed by atoms with Crippen LogP contribution in [0.3, 0.4) is 0 Å². The minimum absolute atomic E-state index is 0.160. The molecule has 0 aromatic carbocycles.